The summed E-state index contributed by atoms with van der Waals surface area (Å²) in [6.45, 7) is 5.72. The van der Waals surface area contributed by atoms with Crippen molar-refractivity contribution in [1.29, 1.82) is 0 Å². The highest BCUT2D eigenvalue weighted by molar-refractivity contribution is 5.96. The van der Waals surface area contributed by atoms with Crippen molar-refractivity contribution in [2.45, 2.75) is 44.4 Å². The standard InChI is InChI=1S/C28H35F3N4O2/c29-28(30,31)24-8-4-7-23(17-24)27(37)32-18-26(36)33-25-12-16-35(20-25)15-11-21-9-13-34(14-10-21)19-22-5-2-1-3-6-22/h1-8,17,21,25H,9-16,18-20H2,(H,32,37)(H,33,36). The van der Waals surface area contributed by atoms with Gasteiger partial charge in [-0.2, -0.15) is 13.2 Å². The molecule has 0 bridgehead atoms. The van der Waals surface area contributed by atoms with E-state index >= 15 is 0 Å². The van der Waals surface area contributed by atoms with E-state index < -0.39 is 17.6 Å². The van der Waals surface area contributed by atoms with Gasteiger partial charge >= 0.3 is 6.18 Å². The number of nitrogens with zero attached hydrogens (tertiary/aromatic N) is 2. The lowest BCUT2D eigenvalue weighted by Crippen LogP contribution is -2.43. The average molecular weight is 517 g/mol. The Kier molecular flexibility index (Phi) is 9.21. The number of hydrogen-bond donors (Lipinski definition) is 2. The highest BCUT2D eigenvalue weighted by atomic mass is 19.4. The zero-order valence-corrected chi connectivity index (χ0v) is 21.0. The summed E-state index contributed by atoms with van der Waals surface area (Å²) in [5.41, 5.74) is 0.343. The summed E-state index contributed by atoms with van der Waals surface area (Å²) < 4.78 is 38.6. The van der Waals surface area contributed by atoms with Gasteiger partial charge in [0.25, 0.3) is 5.91 Å². The molecule has 0 spiro atoms. The third kappa shape index (κ3) is 8.30. The van der Waals surface area contributed by atoms with E-state index in [-0.39, 0.29) is 24.1 Å². The largest absolute Gasteiger partial charge is 0.416 e. The maximum Gasteiger partial charge on any atom is 0.416 e. The van der Waals surface area contributed by atoms with Crippen LogP contribution in [0.4, 0.5) is 13.2 Å². The summed E-state index contributed by atoms with van der Waals surface area (Å²) in [6, 6.07) is 14.8. The number of rotatable bonds is 9. The number of halogens is 3. The van der Waals surface area contributed by atoms with Crippen molar-refractivity contribution >= 4 is 11.8 Å². The van der Waals surface area contributed by atoms with E-state index in [1.54, 1.807) is 0 Å². The van der Waals surface area contributed by atoms with Crippen molar-refractivity contribution in [2.24, 2.45) is 5.92 Å². The Morgan fingerprint density at radius 2 is 1.65 bits per heavy atom. The fraction of sp³-hybridized carbons (Fsp3) is 0.500. The Labute approximate surface area is 216 Å². The molecule has 2 aromatic rings. The molecule has 6 nitrogen and oxygen atoms in total. The van der Waals surface area contributed by atoms with Gasteiger partial charge in [0.05, 0.1) is 12.1 Å². The van der Waals surface area contributed by atoms with Crippen LogP contribution in [0.1, 0.15) is 47.2 Å². The lowest BCUT2D eigenvalue weighted by molar-refractivity contribution is -0.137. The van der Waals surface area contributed by atoms with Crippen LogP contribution < -0.4 is 10.6 Å². The molecular weight excluding hydrogens is 481 g/mol. The lowest BCUT2D eigenvalue weighted by atomic mass is 9.93. The average Bonchev–Trinajstić information content (AvgIpc) is 3.34. The van der Waals surface area contributed by atoms with Gasteiger partial charge in [-0.1, -0.05) is 36.4 Å². The molecule has 0 aliphatic carbocycles. The number of carbonyl (C=O) groups is 2. The van der Waals surface area contributed by atoms with Crippen LogP contribution in [0.25, 0.3) is 0 Å². The first-order valence-corrected chi connectivity index (χ1v) is 13.0. The van der Waals surface area contributed by atoms with Crippen LogP contribution in [0.5, 0.6) is 0 Å². The van der Waals surface area contributed by atoms with Crippen molar-refractivity contribution in [3.8, 4) is 0 Å². The quantitative estimate of drug-likeness (QED) is 0.530. The summed E-state index contributed by atoms with van der Waals surface area (Å²) in [5, 5.41) is 5.35. The minimum atomic E-state index is -4.53. The number of amides is 2. The van der Waals surface area contributed by atoms with Crippen LogP contribution in [0.3, 0.4) is 0 Å². The summed E-state index contributed by atoms with van der Waals surface area (Å²) in [4.78, 5) is 29.4. The predicted molar refractivity (Wildman–Crippen MR) is 136 cm³/mol. The van der Waals surface area contributed by atoms with E-state index in [1.807, 2.05) is 6.07 Å². The second-order valence-corrected chi connectivity index (χ2v) is 10.1. The molecule has 2 saturated heterocycles. The fourth-order valence-electron chi connectivity index (χ4n) is 5.17. The molecule has 0 saturated carbocycles. The Bertz CT molecular complexity index is 1040. The fourth-order valence-corrected chi connectivity index (χ4v) is 5.17. The second kappa shape index (κ2) is 12.6. The highest BCUT2D eigenvalue weighted by Gasteiger charge is 2.31. The molecule has 4 rings (SSSR count). The van der Waals surface area contributed by atoms with Crippen molar-refractivity contribution in [1.82, 2.24) is 20.4 Å². The van der Waals surface area contributed by atoms with E-state index in [4.69, 9.17) is 0 Å². The smallest absolute Gasteiger partial charge is 0.350 e. The molecule has 0 aromatic heterocycles. The van der Waals surface area contributed by atoms with Crippen molar-refractivity contribution in [3.05, 3.63) is 71.3 Å². The molecule has 0 radical (unpaired) electrons. The molecule has 2 fully saturated rings. The molecule has 2 aliphatic heterocycles. The zero-order valence-electron chi connectivity index (χ0n) is 21.0. The monoisotopic (exact) mass is 516 g/mol. The van der Waals surface area contributed by atoms with Crippen molar-refractivity contribution in [2.75, 3.05) is 39.3 Å². The minimum absolute atomic E-state index is 0.0191. The molecule has 200 valence electrons. The number of piperidine rings is 1. The Balaban J connectivity index is 1.11. The molecular formula is C28H35F3N4O2. The van der Waals surface area contributed by atoms with Gasteiger partial charge in [-0.25, -0.2) is 0 Å². The number of carbonyl (C=O) groups excluding carboxylic acids is 2. The van der Waals surface area contributed by atoms with Crippen molar-refractivity contribution < 1.29 is 22.8 Å². The first-order chi connectivity index (χ1) is 17.8. The van der Waals surface area contributed by atoms with E-state index in [9.17, 15) is 22.8 Å². The van der Waals surface area contributed by atoms with Gasteiger partial charge in [0.2, 0.25) is 5.91 Å². The molecule has 2 heterocycles. The van der Waals surface area contributed by atoms with E-state index in [0.717, 1.165) is 70.2 Å². The van der Waals surface area contributed by atoms with E-state index in [1.165, 1.54) is 30.5 Å². The molecule has 1 unspecified atom stereocenters. The van der Waals surface area contributed by atoms with Gasteiger partial charge in [-0.05, 0) is 75.0 Å². The first-order valence-electron chi connectivity index (χ1n) is 13.0. The molecule has 1 atom stereocenters. The third-order valence-electron chi connectivity index (χ3n) is 7.31. The second-order valence-electron chi connectivity index (χ2n) is 10.1. The molecule has 2 amide bonds. The molecule has 2 aromatic carbocycles. The summed E-state index contributed by atoms with van der Waals surface area (Å²) in [7, 11) is 0. The zero-order chi connectivity index (χ0) is 26.3. The predicted octanol–water partition coefficient (Wildman–Crippen LogP) is 3.93. The van der Waals surface area contributed by atoms with Crippen LogP contribution in [0.2, 0.25) is 0 Å². The number of hydrogen-bond acceptors (Lipinski definition) is 4. The van der Waals surface area contributed by atoms with Crippen LogP contribution in [0.15, 0.2) is 54.6 Å². The van der Waals surface area contributed by atoms with Crippen LogP contribution >= 0.6 is 0 Å². The highest BCUT2D eigenvalue weighted by Crippen LogP contribution is 2.29. The lowest BCUT2D eigenvalue weighted by Gasteiger charge is -2.32. The van der Waals surface area contributed by atoms with Gasteiger partial charge in [-0.15, -0.1) is 0 Å². The normalized spacial score (nSPS) is 19.6. The maximum absolute atomic E-state index is 12.9. The Hall–Kier alpha value is -2.91. The van der Waals surface area contributed by atoms with E-state index in [0.29, 0.717) is 0 Å². The third-order valence-corrected chi connectivity index (χ3v) is 7.31. The van der Waals surface area contributed by atoms with Gasteiger partial charge in [-0.3, -0.25) is 14.5 Å². The Morgan fingerprint density at radius 3 is 2.38 bits per heavy atom. The maximum atomic E-state index is 12.9. The Morgan fingerprint density at radius 1 is 0.919 bits per heavy atom. The number of benzene rings is 2. The number of nitrogens with one attached hydrogen (secondary N) is 2. The topological polar surface area (TPSA) is 64.7 Å². The summed E-state index contributed by atoms with van der Waals surface area (Å²) in [6.07, 6.45) is -0.0870. The van der Waals surface area contributed by atoms with Gasteiger partial charge < -0.3 is 15.5 Å². The van der Waals surface area contributed by atoms with E-state index in [2.05, 4.69) is 44.7 Å². The van der Waals surface area contributed by atoms with Gasteiger partial charge in [0.15, 0.2) is 0 Å². The van der Waals surface area contributed by atoms with Crippen molar-refractivity contribution in [3.63, 3.8) is 0 Å². The summed E-state index contributed by atoms with van der Waals surface area (Å²) >= 11 is 0. The van der Waals surface area contributed by atoms with Gasteiger partial charge in [0.1, 0.15) is 0 Å². The van der Waals surface area contributed by atoms with Gasteiger partial charge in [0, 0.05) is 31.2 Å². The molecule has 9 heteroatoms. The molecule has 2 aliphatic rings. The number of likely N-dealkylation sites (tertiary alicyclic amines) is 2. The van der Waals surface area contributed by atoms with Crippen LogP contribution in [0, 0.1) is 5.92 Å². The summed E-state index contributed by atoms with van der Waals surface area (Å²) in [5.74, 6) is -0.311. The molecule has 37 heavy (non-hydrogen) atoms. The minimum Gasteiger partial charge on any atom is -0.350 e. The molecule has 2 N–H and O–H groups in total. The first kappa shape index (κ1) is 27.1. The van der Waals surface area contributed by atoms with Crippen LogP contribution in [-0.4, -0.2) is 66.9 Å². The SMILES string of the molecule is O=C(CNC(=O)c1cccc(C(F)(F)F)c1)NC1CCN(CCC2CCN(Cc3ccccc3)CC2)C1. The van der Waals surface area contributed by atoms with Crippen LogP contribution in [-0.2, 0) is 17.5 Å². The number of alkyl halides is 3.